The van der Waals surface area contributed by atoms with Crippen LogP contribution >= 0.6 is 0 Å². The maximum absolute atomic E-state index is 4.67. The molecule has 1 aromatic rings. The van der Waals surface area contributed by atoms with Crippen LogP contribution in [0.5, 0.6) is 0 Å². The summed E-state index contributed by atoms with van der Waals surface area (Å²) in [4.78, 5) is 7.13. The Hall–Kier alpha value is -1.09. The molecule has 0 spiro atoms. The van der Waals surface area contributed by atoms with Crippen molar-refractivity contribution in [3.8, 4) is 0 Å². The molecule has 1 atom stereocenters. The van der Waals surface area contributed by atoms with Crippen LogP contribution in [0.3, 0.4) is 0 Å². The van der Waals surface area contributed by atoms with E-state index >= 15 is 0 Å². The molecule has 1 aromatic heterocycles. The highest BCUT2D eigenvalue weighted by atomic mass is 15.2. The number of aromatic nitrogens is 1. The van der Waals surface area contributed by atoms with Gasteiger partial charge in [0.05, 0.1) is 0 Å². The third-order valence-corrected chi connectivity index (χ3v) is 4.67. The van der Waals surface area contributed by atoms with Crippen LogP contribution in [0.15, 0.2) is 18.3 Å². The van der Waals surface area contributed by atoms with Crippen molar-refractivity contribution in [3.63, 3.8) is 0 Å². The Labute approximate surface area is 130 Å². The lowest BCUT2D eigenvalue weighted by molar-refractivity contribution is 0.220. The quantitative estimate of drug-likeness (QED) is 0.912. The summed E-state index contributed by atoms with van der Waals surface area (Å²) >= 11 is 0. The Bertz CT molecular complexity index is 419. The second-order valence-corrected chi connectivity index (χ2v) is 7.29. The Morgan fingerprint density at radius 2 is 2.05 bits per heavy atom. The summed E-state index contributed by atoms with van der Waals surface area (Å²) in [6, 6.07) is 4.39. The van der Waals surface area contributed by atoms with Crippen LogP contribution in [0.4, 0.5) is 5.82 Å². The second-order valence-electron chi connectivity index (χ2n) is 7.29. The maximum Gasteiger partial charge on any atom is 0.128 e. The van der Waals surface area contributed by atoms with Crippen LogP contribution in [0.2, 0.25) is 0 Å². The zero-order valence-electron chi connectivity index (χ0n) is 14.2. The Balaban J connectivity index is 1.96. The van der Waals surface area contributed by atoms with Gasteiger partial charge in [-0.2, -0.15) is 0 Å². The topological polar surface area (TPSA) is 28.2 Å². The van der Waals surface area contributed by atoms with Crippen molar-refractivity contribution in [2.45, 2.75) is 53.5 Å². The molecule has 3 nitrogen and oxygen atoms in total. The van der Waals surface area contributed by atoms with E-state index in [1.165, 1.54) is 24.8 Å². The largest absolute Gasteiger partial charge is 0.357 e. The summed E-state index contributed by atoms with van der Waals surface area (Å²) in [5, 5.41) is 3.34. The normalized spacial score (nSPS) is 20.4. The van der Waals surface area contributed by atoms with Crippen molar-refractivity contribution in [2.75, 3.05) is 24.5 Å². The fraction of sp³-hybridized carbons (Fsp3) is 0.722. The number of hydrogen-bond acceptors (Lipinski definition) is 3. The average Bonchev–Trinajstić information content (AvgIpc) is 2.71. The molecule has 2 rings (SSSR count). The number of pyridine rings is 1. The molecule has 0 radical (unpaired) electrons. The summed E-state index contributed by atoms with van der Waals surface area (Å²) in [7, 11) is 0. The lowest BCUT2D eigenvalue weighted by atomic mass is 9.77. The van der Waals surface area contributed by atoms with Crippen LogP contribution in [-0.4, -0.2) is 24.6 Å². The molecule has 2 heterocycles. The van der Waals surface area contributed by atoms with E-state index in [2.05, 4.69) is 55.0 Å². The van der Waals surface area contributed by atoms with Gasteiger partial charge in [0.25, 0.3) is 0 Å². The number of nitrogens with one attached hydrogen (secondary N) is 1. The molecule has 0 saturated carbocycles. The van der Waals surface area contributed by atoms with E-state index in [1.807, 2.05) is 6.20 Å². The van der Waals surface area contributed by atoms with Gasteiger partial charge in [0.15, 0.2) is 0 Å². The first-order valence-corrected chi connectivity index (χ1v) is 8.41. The van der Waals surface area contributed by atoms with Gasteiger partial charge < -0.3 is 10.2 Å². The number of rotatable bonds is 4. The first kappa shape index (κ1) is 16.3. The monoisotopic (exact) mass is 289 g/mol. The molecule has 1 saturated heterocycles. The van der Waals surface area contributed by atoms with Gasteiger partial charge in [0, 0.05) is 25.8 Å². The molecule has 21 heavy (non-hydrogen) atoms. The molecule has 1 aliphatic heterocycles. The Morgan fingerprint density at radius 1 is 1.24 bits per heavy atom. The van der Waals surface area contributed by atoms with Crippen LogP contribution in [-0.2, 0) is 6.54 Å². The molecular formula is C18H31N3. The molecule has 118 valence electrons. The lowest BCUT2D eigenvalue weighted by Gasteiger charge is -2.29. The minimum atomic E-state index is 0.430. The number of nitrogens with zero attached hydrogens (tertiary/aromatic N) is 2. The van der Waals surface area contributed by atoms with E-state index in [9.17, 15) is 0 Å². The zero-order chi connectivity index (χ0) is 15.3. The molecule has 0 bridgehead atoms. The summed E-state index contributed by atoms with van der Waals surface area (Å²) < 4.78 is 0. The summed E-state index contributed by atoms with van der Waals surface area (Å²) in [6.45, 7) is 13.5. The van der Waals surface area contributed by atoms with Gasteiger partial charge in [0.1, 0.15) is 5.82 Å². The fourth-order valence-electron chi connectivity index (χ4n) is 3.17. The minimum Gasteiger partial charge on any atom is -0.357 e. The first-order valence-electron chi connectivity index (χ1n) is 8.41. The molecule has 1 N–H and O–H groups in total. The van der Waals surface area contributed by atoms with Crippen LogP contribution in [0.25, 0.3) is 0 Å². The molecule has 0 amide bonds. The predicted octanol–water partition coefficient (Wildman–Crippen LogP) is 3.84. The van der Waals surface area contributed by atoms with E-state index < -0.39 is 0 Å². The summed E-state index contributed by atoms with van der Waals surface area (Å²) in [5.74, 6) is 1.97. The highest BCUT2D eigenvalue weighted by molar-refractivity contribution is 5.39. The van der Waals surface area contributed by atoms with Gasteiger partial charge in [-0.1, -0.05) is 33.8 Å². The predicted molar refractivity (Wildman–Crippen MR) is 90.6 cm³/mol. The van der Waals surface area contributed by atoms with Crippen molar-refractivity contribution in [1.82, 2.24) is 10.3 Å². The number of hydrogen-bond donors (Lipinski definition) is 1. The van der Waals surface area contributed by atoms with Crippen LogP contribution in [0, 0.1) is 11.3 Å². The average molecular weight is 289 g/mol. The van der Waals surface area contributed by atoms with E-state index in [0.29, 0.717) is 5.41 Å². The fourth-order valence-corrected chi connectivity index (χ4v) is 3.17. The SMILES string of the molecule is CCNCc1ccc(N2CCCC(C(C)(C)C)CC2)nc1. The van der Waals surface area contributed by atoms with Gasteiger partial charge in [-0.3, -0.25) is 0 Å². The van der Waals surface area contributed by atoms with Crippen LogP contribution < -0.4 is 10.2 Å². The molecule has 0 aliphatic carbocycles. The van der Waals surface area contributed by atoms with Crippen molar-refractivity contribution in [1.29, 1.82) is 0 Å². The molecule has 3 heteroatoms. The molecule has 1 unspecified atom stereocenters. The second kappa shape index (κ2) is 7.26. The van der Waals surface area contributed by atoms with Gasteiger partial charge in [0.2, 0.25) is 0 Å². The van der Waals surface area contributed by atoms with Crippen molar-refractivity contribution >= 4 is 5.82 Å². The highest BCUT2D eigenvalue weighted by Gasteiger charge is 2.27. The Morgan fingerprint density at radius 3 is 2.67 bits per heavy atom. The number of anilines is 1. The third kappa shape index (κ3) is 4.70. The molecular weight excluding hydrogens is 258 g/mol. The maximum atomic E-state index is 4.67. The van der Waals surface area contributed by atoms with Gasteiger partial charge >= 0.3 is 0 Å². The molecule has 0 aromatic carbocycles. The zero-order valence-corrected chi connectivity index (χ0v) is 14.2. The molecule has 1 aliphatic rings. The van der Waals surface area contributed by atoms with E-state index in [-0.39, 0.29) is 0 Å². The first-order chi connectivity index (χ1) is 10.0. The van der Waals surface area contributed by atoms with E-state index in [4.69, 9.17) is 0 Å². The van der Waals surface area contributed by atoms with E-state index in [0.717, 1.165) is 37.9 Å². The Kier molecular flexibility index (Phi) is 5.63. The highest BCUT2D eigenvalue weighted by Crippen LogP contribution is 2.34. The minimum absolute atomic E-state index is 0.430. The van der Waals surface area contributed by atoms with Gasteiger partial charge in [-0.15, -0.1) is 0 Å². The third-order valence-electron chi connectivity index (χ3n) is 4.67. The van der Waals surface area contributed by atoms with E-state index in [1.54, 1.807) is 0 Å². The summed E-state index contributed by atoms with van der Waals surface area (Å²) in [5.41, 5.74) is 1.70. The van der Waals surface area contributed by atoms with Crippen LogP contribution in [0.1, 0.15) is 52.5 Å². The lowest BCUT2D eigenvalue weighted by Crippen LogP contribution is -2.26. The van der Waals surface area contributed by atoms with Crippen molar-refractivity contribution in [3.05, 3.63) is 23.9 Å². The summed E-state index contributed by atoms with van der Waals surface area (Å²) in [6.07, 6.45) is 5.93. The van der Waals surface area contributed by atoms with Crippen molar-refractivity contribution < 1.29 is 0 Å². The standard InChI is InChI=1S/C18H31N3/c1-5-19-13-15-8-9-17(20-14-15)21-11-6-7-16(10-12-21)18(2,3)4/h8-9,14,16,19H,5-7,10-13H2,1-4H3. The van der Waals surface area contributed by atoms with Gasteiger partial charge in [-0.05, 0) is 48.8 Å². The van der Waals surface area contributed by atoms with Crippen molar-refractivity contribution in [2.24, 2.45) is 11.3 Å². The smallest absolute Gasteiger partial charge is 0.128 e. The van der Waals surface area contributed by atoms with Gasteiger partial charge in [-0.25, -0.2) is 4.98 Å². The molecule has 1 fully saturated rings.